The zero-order valence-corrected chi connectivity index (χ0v) is 16.0. The van der Waals surface area contributed by atoms with E-state index in [1.165, 1.54) is 15.1 Å². The molecule has 0 fully saturated rings. The van der Waals surface area contributed by atoms with Gasteiger partial charge in [-0.1, -0.05) is 57.3 Å². The van der Waals surface area contributed by atoms with Gasteiger partial charge in [0, 0.05) is 25.9 Å². The van der Waals surface area contributed by atoms with Crippen molar-refractivity contribution in [1.29, 1.82) is 0 Å². The Kier molecular flexibility index (Phi) is 9.88. The second kappa shape index (κ2) is 12.0. The van der Waals surface area contributed by atoms with Crippen LogP contribution in [0.3, 0.4) is 0 Å². The standard InChI is InChI=1S/C14H17N3O.C6H9P/c1-3-17-10-9-15-14(17)13(16-11(2)18)12-7-5-4-6-8-12;1-3-5-7-6-4-2/h4-10,13H,3H2,1-2H3,(H,16,18);3-6H,1H2,2H3/b;6-4-. The zero-order valence-electron chi connectivity index (χ0n) is 15.1. The van der Waals surface area contributed by atoms with Gasteiger partial charge in [0.2, 0.25) is 5.91 Å². The molecule has 0 aliphatic heterocycles. The summed E-state index contributed by atoms with van der Waals surface area (Å²) in [7, 11) is 1.22. The maximum absolute atomic E-state index is 11.4. The van der Waals surface area contributed by atoms with Crippen LogP contribution in [0.15, 0.2) is 67.3 Å². The Hall–Kier alpha value is -2.45. The number of benzene rings is 1. The van der Waals surface area contributed by atoms with Crippen molar-refractivity contribution in [3.8, 4) is 0 Å². The zero-order chi connectivity index (χ0) is 18.5. The predicted molar refractivity (Wildman–Crippen MR) is 108 cm³/mol. The van der Waals surface area contributed by atoms with Gasteiger partial charge in [0.1, 0.15) is 11.9 Å². The Bertz CT molecular complexity index is 705. The molecule has 0 radical (unpaired) electrons. The van der Waals surface area contributed by atoms with Gasteiger partial charge in [0.05, 0.1) is 0 Å². The number of aromatic nitrogens is 2. The molecule has 0 spiro atoms. The first-order valence-electron chi connectivity index (χ1n) is 8.22. The van der Waals surface area contributed by atoms with Crippen LogP contribution in [0.1, 0.15) is 38.2 Å². The molecule has 1 aromatic heterocycles. The Balaban J connectivity index is 0.000000381. The van der Waals surface area contributed by atoms with Crippen molar-refractivity contribution in [2.45, 2.75) is 33.4 Å². The van der Waals surface area contributed by atoms with E-state index < -0.39 is 0 Å². The highest BCUT2D eigenvalue weighted by Crippen LogP contribution is 2.20. The minimum absolute atomic E-state index is 0.0606. The summed E-state index contributed by atoms with van der Waals surface area (Å²) in [5.74, 6) is 4.84. The number of amides is 1. The maximum Gasteiger partial charge on any atom is 0.217 e. The molecule has 132 valence electrons. The van der Waals surface area contributed by atoms with Crippen LogP contribution >= 0.6 is 8.20 Å². The van der Waals surface area contributed by atoms with Crippen LogP contribution in [0.5, 0.6) is 0 Å². The molecule has 1 heterocycles. The number of nitrogens with zero attached hydrogens (tertiary/aromatic N) is 2. The quantitative estimate of drug-likeness (QED) is 0.771. The van der Waals surface area contributed by atoms with E-state index in [4.69, 9.17) is 0 Å². The average molecular weight is 355 g/mol. The number of rotatable bonds is 6. The van der Waals surface area contributed by atoms with Crippen LogP contribution in [-0.4, -0.2) is 21.3 Å². The van der Waals surface area contributed by atoms with Crippen LogP contribution in [0, 0.1) is 0 Å². The lowest BCUT2D eigenvalue weighted by atomic mass is 10.1. The average Bonchev–Trinajstić information content (AvgIpc) is 3.10. The van der Waals surface area contributed by atoms with Crippen molar-refractivity contribution in [3.63, 3.8) is 0 Å². The Labute approximate surface area is 152 Å². The second-order valence-electron chi connectivity index (χ2n) is 5.13. The molecule has 2 aromatic rings. The third-order valence-corrected chi connectivity index (χ3v) is 4.11. The summed E-state index contributed by atoms with van der Waals surface area (Å²) in [5, 5.41) is 2.95. The van der Waals surface area contributed by atoms with E-state index in [9.17, 15) is 4.79 Å². The van der Waals surface area contributed by atoms with Crippen molar-refractivity contribution in [1.82, 2.24) is 14.9 Å². The highest BCUT2D eigenvalue weighted by Gasteiger charge is 2.19. The van der Waals surface area contributed by atoms with Crippen molar-refractivity contribution in [2.24, 2.45) is 0 Å². The van der Waals surface area contributed by atoms with Crippen LogP contribution in [-0.2, 0) is 11.3 Å². The minimum atomic E-state index is -0.196. The lowest BCUT2D eigenvalue weighted by molar-refractivity contribution is -0.119. The van der Waals surface area contributed by atoms with Crippen LogP contribution in [0.4, 0.5) is 0 Å². The Morgan fingerprint density at radius 2 is 2.12 bits per heavy atom. The molecule has 0 aliphatic rings. The van der Waals surface area contributed by atoms with E-state index >= 15 is 0 Å². The molecule has 1 aromatic carbocycles. The SMILES string of the molecule is C=CC=P/C=C\C.CCn1ccnc1C(NC(C)=O)c1ccccc1. The first-order chi connectivity index (χ1) is 12.1. The largest absolute Gasteiger partial charge is 0.342 e. The Morgan fingerprint density at radius 3 is 2.68 bits per heavy atom. The molecule has 0 saturated carbocycles. The molecule has 1 atom stereocenters. The first kappa shape index (κ1) is 20.6. The number of imidazole rings is 1. The summed E-state index contributed by atoms with van der Waals surface area (Å²) in [5.41, 5.74) is 1.04. The van der Waals surface area contributed by atoms with Gasteiger partial charge in [0.25, 0.3) is 0 Å². The molecule has 5 heteroatoms. The molecule has 1 unspecified atom stereocenters. The molecule has 0 saturated heterocycles. The van der Waals surface area contributed by atoms with Gasteiger partial charge >= 0.3 is 0 Å². The molecule has 0 aliphatic carbocycles. The third-order valence-electron chi connectivity index (χ3n) is 3.25. The van der Waals surface area contributed by atoms with Gasteiger partial charge in [-0.25, -0.2) is 4.98 Å². The second-order valence-corrected chi connectivity index (χ2v) is 6.03. The summed E-state index contributed by atoms with van der Waals surface area (Å²) in [6.45, 7) is 9.95. The number of aryl methyl sites for hydroxylation is 1. The topological polar surface area (TPSA) is 46.9 Å². The van der Waals surface area contributed by atoms with E-state index in [1.54, 1.807) is 12.3 Å². The molecular weight excluding hydrogens is 329 g/mol. The number of hydrogen-bond acceptors (Lipinski definition) is 2. The van der Waals surface area contributed by atoms with Gasteiger partial charge in [-0.2, -0.15) is 0 Å². The number of nitrogens with one attached hydrogen (secondary N) is 1. The van der Waals surface area contributed by atoms with Gasteiger partial charge in [-0.05, 0) is 31.0 Å². The molecular formula is C20H26N3OP. The summed E-state index contributed by atoms with van der Waals surface area (Å²) in [6, 6.07) is 9.68. The van der Waals surface area contributed by atoms with Crippen molar-refractivity contribution >= 4 is 19.9 Å². The van der Waals surface area contributed by atoms with Crippen LogP contribution in [0.2, 0.25) is 0 Å². The summed E-state index contributed by atoms with van der Waals surface area (Å²) in [6.07, 6.45) is 7.49. The molecule has 1 N–H and O–H groups in total. The van der Waals surface area contributed by atoms with E-state index in [-0.39, 0.29) is 11.9 Å². The van der Waals surface area contributed by atoms with Crippen LogP contribution in [0.25, 0.3) is 0 Å². The van der Waals surface area contributed by atoms with Gasteiger partial charge < -0.3 is 9.88 Å². The molecule has 0 bridgehead atoms. The maximum atomic E-state index is 11.4. The van der Waals surface area contributed by atoms with E-state index in [1.807, 2.05) is 59.9 Å². The number of hydrogen-bond donors (Lipinski definition) is 1. The minimum Gasteiger partial charge on any atom is -0.342 e. The van der Waals surface area contributed by atoms with Crippen molar-refractivity contribution < 1.29 is 4.79 Å². The van der Waals surface area contributed by atoms with Crippen molar-refractivity contribution in [3.05, 3.63) is 78.7 Å². The number of carbonyl (C=O) groups is 1. The lowest BCUT2D eigenvalue weighted by Crippen LogP contribution is -2.29. The Morgan fingerprint density at radius 1 is 1.40 bits per heavy atom. The third kappa shape index (κ3) is 7.32. The highest BCUT2D eigenvalue weighted by molar-refractivity contribution is 7.42. The molecule has 1 amide bonds. The smallest absolute Gasteiger partial charge is 0.217 e. The fourth-order valence-electron chi connectivity index (χ4n) is 2.19. The lowest BCUT2D eigenvalue weighted by Gasteiger charge is -2.19. The fraction of sp³-hybridized carbons (Fsp3) is 0.250. The van der Waals surface area contributed by atoms with E-state index in [2.05, 4.69) is 29.6 Å². The normalized spacial score (nSPS) is 11.8. The molecule has 2 rings (SSSR count). The summed E-state index contributed by atoms with van der Waals surface area (Å²) < 4.78 is 2.04. The van der Waals surface area contributed by atoms with Gasteiger partial charge in [-0.3, -0.25) is 4.79 Å². The highest BCUT2D eigenvalue weighted by atomic mass is 31.1. The molecule has 4 nitrogen and oxygen atoms in total. The van der Waals surface area contributed by atoms with Crippen LogP contribution < -0.4 is 5.32 Å². The van der Waals surface area contributed by atoms with E-state index in [0.717, 1.165) is 17.9 Å². The first-order valence-corrected chi connectivity index (χ1v) is 9.25. The van der Waals surface area contributed by atoms with Gasteiger partial charge in [-0.15, -0.1) is 0 Å². The summed E-state index contributed by atoms with van der Waals surface area (Å²) in [4.78, 5) is 15.7. The molecule has 25 heavy (non-hydrogen) atoms. The number of allylic oxidation sites excluding steroid dienone is 2. The number of carbonyl (C=O) groups excluding carboxylic acids is 1. The monoisotopic (exact) mass is 355 g/mol. The predicted octanol–water partition coefficient (Wildman–Crippen LogP) is 4.58. The van der Waals surface area contributed by atoms with Crippen molar-refractivity contribution in [2.75, 3.05) is 0 Å². The van der Waals surface area contributed by atoms with E-state index in [0.29, 0.717) is 0 Å². The fourth-order valence-corrected chi connectivity index (χ4v) is 2.58. The summed E-state index contributed by atoms with van der Waals surface area (Å²) >= 11 is 0. The van der Waals surface area contributed by atoms with Gasteiger partial charge in [0.15, 0.2) is 0 Å².